The van der Waals surface area contributed by atoms with Gasteiger partial charge < -0.3 is 4.74 Å². The van der Waals surface area contributed by atoms with E-state index in [0.29, 0.717) is 32.3 Å². The third kappa shape index (κ3) is 4.98. The number of carbonyl (C=O) groups excluding carboxylic acids is 3. The van der Waals surface area contributed by atoms with Crippen LogP contribution in [0.15, 0.2) is 0 Å². The third-order valence-corrected chi connectivity index (χ3v) is 3.30. The van der Waals surface area contributed by atoms with Gasteiger partial charge in [-0.15, -0.1) is 0 Å². The predicted octanol–water partition coefficient (Wildman–Crippen LogP) is 2.44. The zero-order chi connectivity index (χ0) is 13.4. The van der Waals surface area contributed by atoms with Crippen molar-refractivity contribution in [3.05, 3.63) is 0 Å². The summed E-state index contributed by atoms with van der Waals surface area (Å²) in [5, 5.41) is 0. The van der Waals surface area contributed by atoms with Gasteiger partial charge in [0.1, 0.15) is 11.6 Å². The molecule has 0 aromatic carbocycles. The van der Waals surface area contributed by atoms with Gasteiger partial charge in [0.05, 0.1) is 12.5 Å². The highest BCUT2D eigenvalue weighted by molar-refractivity contribution is 6.04. The average Bonchev–Trinajstić information content (AvgIpc) is 2.32. The fourth-order valence-electron chi connectivity index (χ4n) is 2.31. The zero-order valence-corrected chi connectivity index (χ0v) is 11.1. The van der Waals surface area contributed by atoms with Gasteiger partial charge in [0.15, 0.2) is 0 Å². The first-order valence-corrected chi connectivity index (χ1v) is 6.86. The largest absolute Gasteiger partial charge is 0.466 e. The van der Waals surface area contributed by atoms with Crippen molar-refractivity contribution in [2.45, 2.75) is 58.3 Å². The molecule has 0 atom stereocenters. The molecule has 1 fully saturated rings. The van der Waals surface area contributed by atoms with E-state index in [1.54, 1.807) is 6.92 Å². The predicted molar refractivity (Wildman–Crippen MR) is 67.1 cm³/mol. The van der Waals surface area contributed by atoms with E-state index in [1.165, 1.54) is 0 Å². The van der Waals surface area contributed by atoms with Crippen LogP contribution in [0.5, 0.6) is 0 Å². The van der Waals surface area contributed by atoms with E-state index < -0.39 is 0 Å². The van der Waals surface area contributed by atoms with Crippen LogP contribution in [-0.2, 0) is 19.1 Å². The second-order valence-electron chi connectivity index (χ2n) is 4.74. The Bertz CT molecular complexity index is 293. The van der Waals surface area contributed by atoms with E-state index in [1.807, 2.05) is 0 Å². The summed E-state index contributed by atoms with van der Waals surface area (Å²) in [6.07, 6.45) is 5.39. The number of ether oxygens (including phenoxy) is 1. The van der Waals surface area contributed by atoms with Crippen LogP contribution in [0.3, 0.4) is 0 Å². The molecule has 0 aliphatic heterocycles. The molecule has 1 saturated carbocycles. The molecule has 0 aromatic rings. The van der Waals surface area contributed by atoms with E-state index in [2.05, 4.69) is 0 Å². The molecule has 102 valence electrons. The molecule has 18 heavy (non-hydrogen) atoms. The summed E-state index contributed by atoms with van der Waals surface area (Å²) in [6, 6.07) is 0. The molecule has 0 saturated heterocycles. The minimum atomic E-state index is -0.360. The summed E-state index contributed by atoms with van der Waals surface area (Å²) in [5.41, 5.74) is 0. The van der Waals surface area contributed by atoms with E-state index in [4.69, 9.17) is 4.74 Å². The van der Waals surface area contributed by atoms with Crippen molar-refractivity contribution in [1.29, 1.82) is 0 Å². The van der Waals surface area contributed by atoms with Gasteiger partial charge in [-0.25, -0.2) is 0 Å². The number of hydrogen-bond donors (Lipinski definition) is 0. The summed E-state index contributed by atoms with van der Waals surface area (Å²) in [4.78, 5) is 34.2. The topological polar surface area (TPSA) is 60.4 Å². The zero-order valence-electron chi connectivity index (χ0n) is 11.1. The van der Waals surface area contributed by atoms with E-state index in [9.17, 15) is 14.4 Å². The summed E-state index contributed by atoms with van der Waals surface area (Å²) in [7, 11) is 0. The van der Waals surface area contributed by atoms with Crippen molar-refractivity contribution in [2.24, 2.45) is 5.92 Å². The number of Topliss-reactive ketones (excluding diaryl/α,β-unsaturated/α-hetero) is 2. The molecule has 0 bridgehead atoms. The Balaban J connectivity index is 2.11. The lowest BCUT2D eigenvalue weighted by Gasteiger charge is -2.18. The molecule has 0 aromatic heterocycles. The monoisotopic (exact) mass is 254 g/mol. The van der Waals surface area contributed by atoms with Crippen molar-refractivity contribution in [1.82, 2.24) is 0 Å². The maximum Gasteiger partial charge on any atom is 0.305 e. The Morgan fingerprint density at radius 2 is 1.83 bits per heavy atom. The van der Waals surface area contributed by atoms with Gasteiger partial charge in [-0.3, -0.25) is 14.4 Å². The van der Waals surface area contributed by atoms with Crippen LogP contribution in [0.4, 0.5) is 0 Å². The van der Waals surface area contributed by atoms with E-state index in [0.717, 1.165) is 25.7 Å². The van der Waals surface area contributed by atoms with E-state index >= 15 is 0 Å². The quantitative estimate of drug-likeness (QED) is 0.398. The van der Waals surface area contributed by atoms with Crippen LogP contribution in [0.25, 0.3) is 0 Å². The SMILES string of the molecule is CCOC(=O)CCCCCC1C(=O)CCCC1=O. The first-order chi connectivity index (χ1) is 8.65. The molecule has 1 aliphatic carbocycles. The van der Waals surface area contributed by atoms with Gasteiger partial charge in [-0.1, -0.05) is 12.8 Å². The fourth-order valence-corrected chi connectivity index (χ4v) is 2.31. The van der Waals surface area contributed by atoms with Gasteiger partial charge in [-0.2, -0.15) is 0 Å². The number of unbranched alkanes of at least 4 members (excludes halogenated alkanes) is 2. The molecule has 4 nitrogen and oxygen atoms in total. The fraction of sp³-hybridized carbons (Fsp3) is 0.786. The van der Waals surface area contributed by atoms with Crippen LogP contribution < -0.4 is 0 Å². The number of carbonyl (C=O) groups is 3. The highest BCUT2D eigenvalue weighted by Gasteiger charge is 2.28. The third-order valence-electron chi connectivity index (χ3n) is 3.30. The van der Waals surface area contributed by atoms with Crippen molar-refractivity contribution in [3.63, 3.8) is 0 Å². The Hall–Kier alpha value is -1.19. The summed E-state index contributed by atoms with van der Waals surface area (Å²) < 4.78 is 4.83. The van der Waals surface area contributed by atoms with Gasteiger partial charge in [0, 0.05) is 19.3 Å². The van der Waals surface area contributed by atoms with Gasteiger partial charge >= 0.3 is 5.97 Å². The summed E-state index contributed by atoms with van der Waals surface area (Å²) >= 11 is 0. The molecular formula is C14H22O4. The minimum Gasteiger partial charge on any atom is -0.466 e. The molecule has 4 heteroatoms. The highest BCUT2D eigenvalue weighted by atomic mass is 16.5. The lowest BCUT2D eigenvalue weighted by Crippen LogP contribution is -2.28. The Labute approximate surface area is 108 Å². The van der Waals surface area contributed by atoms with Crippen LogP contribution in [0, 0.1) is 5.92 Å². The van der Waals surface area contributed by atoms with Crippen LogP contribution >= 0.6 is 0 Å². The van der Waals surface area contributed by atoms with Crippen molar-refractivity contribution < 1.29 is 19.1 Å². The molecule has 0 unspecified atom stereocenters. The first kappa shape index (κ1) is 14.9. The lowest BCUT2D eigenvalue weighted by molar-refractivity contribution is -0.143. The molecule has 0 heterocycles. The van der Waals surface area contributed by atoms with Crippen LogP contribution in [0.1, 0.15) is 58.3 Å². The summed E-state index contributed by atoms with van der Waals surface area (Å²) in [6.45, 7) is 2.21. The molecule has 1 aliphatic rings. The standard InChI is InChI=1S/C14H22O4/c1-2-18-14(17)10-5-3-4-7-11-12(15)8-6-9-13(11)16/h11H,2-10H2,1H3. The first-order valence-electron chi connectivity index (χ1n) is 6.86. The number of rotatable bonds is 7. The maximum atomic E-state index is 11.6. The second-order valence-corrected chi connectivity index (χ2v) is 4.74. The molecule has 0 spiro atoms. The normalized spacial score (nSPS) is 16.9. The van der Waals surface area contributed by atoms with Crippen molar-refractivity contribution in [3.8, 4) is 0 Å². The van der Waals surface area contributed by atoms with Crippen molar-refractivity contribution in [2.75, 3.05) is 6.61 Å². The number of esters is 1. The molecule has 0 radical (unpaired) electrons. The number of ketones is 2. The Morgan fingerprint density at radius 1 is 1.17 bits per heavy atom. The Kier molecular flexibility index (Phi) is 6.61. The maximum absolute atomic E-state index is 11.6. The van der Waals surface area contributed by atoms with Crippen LogP contribution in [0.2, 0.25) is 0 Å². The van der Waals surface area contributed by atoms with Gasteiger partial charge in [-0.05, 0) is 26.2 Å². The van der Waals surface area contributed by atoms with Crippen molar-refractivity contribution >= 4 is 17.5 Å². The summed E-state index contributed by atoms with van der Waals surface area (Å²) in [5.74, 6) is -0.308. The second kappa shape index (κ2) is 8.01. The highest BCUT2D eigenvalue weighted by Crippen LogP contribution is 2.22. The van der Waals surface area contributed by atoms with Gasteiger partial charge in [0.25, 0.3) is 0 Å². The molecular weight excluding hydrogens is 232 g/mol. The smallest absolute Gasteiger partial charge is 0.305 e. The minimum absolute atomic E-state index is 0.108. The molecule has 1 rings (SSSR count). The number of hydrogen-bond acceptors (Lipinski definition) is 4. The lowest BCUT2D eigenvalue weighted by atomic mass is 9.83. The van der Waals surface area contributed by atoms with E-state index in [-0.39, 0.29) is 23.5 Å². The average molecular weight is 254 g/mol. The van der Waals surface area contributed by atoms with Gasteiger partial charge in [0.2, 0.25) is 0 Å². The molecule has 0 amide bonds. The molecule has 0 N–H and O–H groups in total. The Morgan fingerprint density at radius 3 is 2.44 bits per heavy atom. The van der Waals surface area contributed by atoms with Crippen LogP contribution in [-0.4, -0.2) is 24.1 Å².